The third-order valence-corrected chi connectivity index (χ3v) is 4.03. The van der Waals surface area contributed by atoms with Gasteiger partial charge in [-0.1, -0.05) is 29.5 Å². The summed E-state index contributed by atoms with van der Waals surface area (Å²) in [6, 6.07) is 11.5. The van der Waals surface area contributed by atoms with Crippen molar-refractivity contribution < 1.29 is 9.59 Å². The lowest BCUT2D eigenvalue weighted by atomic mass is 10.1. The fraction of sp³-hybridized carbons (Fsp3) is 0.167. The summed E-state index contributed by atoms with van der Waals surface area (Å²) >= 11 is 0. The summed E-state index contributed by atoms with van der Waals surface area (Å²) in [6.07, 6.45) is 0. The van der Waals surface area contributed by atoms with Gasteiger partial charge in [-0.05, 0) is 43.2 Å². The van der Waals surface area contributed by atoms with Crippen molar-refractivity contribution in [2.45, 2.75) is 20.4 Å². The number of amides is 3. The summed E-state index contributed by atoms with van der Waals surface area (Å²) in [7, 11) is 0. The second kappa shape index (κ2) is 7.14. The quantitative estimate of drug-likeness (QED) is 0.748. The topological polar surface area (TPSA) is 106 Å². The van der Waals surface area contributed by atoms with E-state index in [1.165, 1.54) is 0 Å². The molecular formula is C18H17N5O3. The SMILES string of the molecule is Cc1cccc(NC(=O)NC(=O)Cn2nnc3ccccc3c2=O)c1C. The van der Waals surface area contributed by atoms with E-state index in [4.69, 9.17) is 0 Å². The van der Waals surface area contributed by atoms with Crippen molar-refractivity contribution >= 4 is 28.5 Å². The number of imide groups is 1. The normalized spacial score (nSPS) is 10.5. The van der Waals surface area contributed by atoms with Gasteiger partial charge in [0.05, 0.1) is 5.39 Å². The van der Waals surface area contributed by atoms with Crippen LogP contribution in [0.4, 0.5) is 10.5 Å². The average molecular weight is 351 g/mol. The zero-order valence-electron chi connectivity index (χ0n) is 14.3. The molecule has 0 atom stereocenters. The van der Waals surface area contributed by atoms with E-state index in [1.807, 2.05) is 26.0 Å². The average Bonchev–Trinajstić information content (AvgIpc) is 2.61. The van der Waals surface area contributed by atoms with E-state index in [0.717, 1.165) is 15.8 Å². The van der Waals surface area contributed by atoms with Crippen LogP contribution in [-0.4, -0.2) is 26.9 Å². The number of carbonyl (C=O) groups excluding carboxylic acids is 2. The number of fused-ring (bicyclic) bond motifs is 1. The van der Waals surface area contributed by atoms with Crippen molar-refractivity contribution in [1.29, 1.82) is 0 Å². The number of nitrogens with zero attached hydrogens (tertiary/aromatic N) is 3. The highest BCUT2D eigenvalue weighted by atomic mass is 16.2. The molecule has 0 unspecified atom stereocenters. The predicted octanol–water partition coefficient (Wildman–Crippen LogP) is 1.76. The summed E-state index contributed by atoms with van der Waals surface area (Å²) in [4.78, 5) is 36.4. The number of benzene rings is 2. The monoisotopic (exact) mass is 351 g/mol. The van der Waals surface area contributed by atoms with Crippen LogP contribution in [0.2, 0.25) is 0 Å². The van der Waals surface area contributed by atoms with Crippen molar-refractivity contribution in [3.8, 4) is 0 Å². The lowest BCUT2D eigenvalue weighted by Gasteiger charge is -2.11. The molecule has 1 aromatic heterocycles. The van der Waals surface area contributed by atoms with Crippen molar-refractivity contribution in [3.63, 3.8) is 0 Å². The van der Waals surface area contributed by atoms with Crippen LogP contribution in [0.15, 0.2) is 47.3 Å². The number of hydrogen-bond acceptors (Lipinski definition) is 5. The Morgan fingerprint density at radius 1 is 1.08 bits per heavy atom. The Morgan fingerprint density at radius 2 is 1.85 bits per heavy atom. The molecule has 8 nitrogen and oxygen atoms in total. The van der Waals surface area contributed by atoms with Crippen LogP contribution in [0.3, 0.4) is 0 Å². The molecule has 0 fully saturated rings. The first kappa shape index (κ1) is 17.3. The molecule has 0 aliphatic carbocycles. The highest BCUT2D eigenvalue weighted by Gasteiger charge is 2.13. The first-order valence-corrected chi connectivity index (χ1v) is 7.95. The minimum absolute atomic E-state index is 0.357. The van der Waals surface area contributed by atoms with Crippen molar-refractivity contribution in [2.24, 2.45) is 0 Å². The van der Waals surface area contributed by atoms with E-state index in [2.05, 4.69) is 20.9 Å². The molecule has 132 valence electrons. The number of anilines is 1. The molecule has 0 aliphatic rings. The van der Waals surface area contributed by atoms with Gasteiger partial charge in [-0.3, -0.25) is 14.9 Å². The van der Waals surface area contributed by atoms with Crippen LogP contribution in [0.25, 0.3) is 10.9 Å². The Balaban J connectivity index is 1.69. The summed E-state index contributed by atoms with van der Waals surface area (Å²) in [5.74, 6) is -0.667. The molecule has 2 N–H and O–H groups in total. The molecule has 0 saturated carbocycles. The molecule has 0 spiro atoms. The summed E-state index contributed by atoms with van der Waals surface area (Å²) in [5, 5.41) is 12.8. The van der Waals surface area contributed by atoms with Gasteiger partial charge >= 0.3 is 6.03 Å². The van der Waals surface area contributed by atoms with Crippen LogP contribution in [-0.2, 0) is 11.3 Å². The number of nitrogens with one attached hydrogen (secondary N) is 2. The molecule has 0 aliphatic heterocycles. The molecule has 26 heavy (non-hydrogen) atoms. The van der Waals surface area contributed by atoms with Gasteiger partial charge in [-0.2, -0.15) is 0 Å². The van der Waals surface area contributed by atoms with Crippen LogP contribution >= 0.6 is 0 Å². The van der Waals surface area contributed by atoms with Crippen LogP contribution in [0.5, 0.6) is 0 Å². The predicted molar refractivity (Wildman–Crippen MR) is 96.9 cm³/mol. The van der Waals surface area contributed by atoms with Crippen LogP contribution in [0.1, 0.15) is 11.1 Å². The second-order valence-corrected chi connectivity index (χ2v) is 5.82. The first-order chi connectivity index (χ1) is 12.5. The Bertz CT molecular complexity index is 1060. The largest absolute Gasteiger partial charge is 0.325 e. The second-order valence-electron chi connectivity index (χ2n) is 5.82. The van der Waals surface area contributed by atoms with E-state index in [1.54, 1.807) is 30.3 Å². The smallest absolute Gasteiger partial charge is 0.307 e. The maximum absolute atomic E-state index is 12.3. The zero-order valence-corrected chi connectivity index (χ0v) is 14.3. The van der Waals surface area contributed by atoms with Gasteiger partial charge < -0.3 is 5.32 Å². The Hall–Kier alpha value is -3.55. The number of aromatic nitrogens is 3. The van der Waals surface area contributed by atoms with Crippen LogP contribution < -0.4 is 16.2 Å². The molecule has 2 aromatic carbocycles. The fourth-order valence-electron chi connectivity index (χ4n) is 2.47. The highest BCUT2D eigenvalue weighted by Crippen LogP contribution is 2.17. The standard InChI is InChI=1S/C18H17N5O3/c1-11-6-5-9-14(12(11)2)19-18(26)20-16(24)10-23-17(25)13-7-3-4-8-15(13)21-22-23/h3-9H,10H2,1-2H3,(H2,19,20,24,26). The number of urea groups is 1. The maximum atomic E-state index is 12.3. The minimum Gasteiger partial charge on any atom is -0.307 e. The number of rotatable bonds is 3. The van der Waals surface area contributed by atoms with E-state index in [-0.39, 0.29) is 0 Å². The van der Waals surface area contributed by atoms with E-state index in [9.17, 15) is 14.4 Å². The van der Waals surface area contributed by atoms with Gasteiger partial charge in [0.25, 0.3) is 5.56 Å². The summed E-state index contributed by atoms with van der Waals surface area (Å²) in [6.45, 7) is 3.39. The molecule has 3 rings (SSSR count). The molecule has 3 amide bonds. The lowest BCUT2D eigenvalue weighted by Crippen LogP contribution is -2.39. The number of aryl methyl sites for hydroxylation is 1. The molecule has 3 aromatic rings. The van der Waals surface area contributed by atoms with Crippen LogP contribution in [0, 0.1) is 13.8 Å². The Morgan fingerprint density at radius 3 is 2.65 bits per heavy atom. The van der Waals surface area contributed by atoms with Gasteiger partial charge in [-0.25, -0.2) is 9.48 Å². The van der Waals surface area contributed by atoms with Gasteiger partial charge in [-0.15, -0.1) is 5.10 Å². The van der Waals surface area contributed by atoms with Gasteiger partial charge in [0.2, 0.25) is 5.91 Å². The number of carbonyl (C=O) groups is 2. The zero-order chi connectivity index (χ0) is 18.7. The third-order valence-electron chi connectivity index (χ3n) is 4.03. The van der Waals surface area contributed by atoms with Gasteiger partial charge in [0.15, 0.2) is 0 Å². The van der Waals surface area contributed by atoms with E-state index in [0.29, 0.717) is 16.6 Å². The highest BCUT2D eigenvalue weighted by molar-refractivity contribution is 6.01. The fourth-order valence-corrected chi connectivity index (χ4v) is 2.47. The molecule has 1 heterocycles. The third kappa shape index (κ3) is 3.59. The number of hydrogen-bond donors (Lipinski definition) is 2. The van der Waals surface area contributed by atoms with Gasteiger partial charge in [0.1, 0.15) is 12.1 Å². The lowest BCUT2D eigenvalue weighted by molar-refractivity contribution is -0.120. The first-order valence-electron chi connectivity index (χ1n) is 7.95. The van der Waals surface area contributed by atoms with Crippen molar-refractivity contribution in [3.05, 3.63) is 63.9 Å². The molecule has 0 bridgehead atoms. The Kier molecular flexibility index (Phi) is 4.74. The molecule has 8 heteroatoms. The van der Waals surface area contributed by atoms with Crippen molar-refractivity contribution in [2.75, 3.05) is 5.32 Å². The molecule has 0 saturated heterocycles. The van der Waals surface area contributed by atoms with E-state index < -0.39 is 24.0 Å². The Labute approximate surface area is 148 Å². The minimum atomic E-state index is -0.675. The summed E-state index contributed by atoms with van der Waals surface area (Å²) < 4.78 is 0.920. The molecule has 0 radical (unpaired) electrons. The summed E-state index contributed by atoms with van der Waals surface area (Å²) in [5.41, 5.74) is 2.54. The van der Waals surface area contributed by atoms with Gasteiger partial charge in [0, 0.05) is 5.69 Å². The van der Waals surface area contributed by atoms with Crippen molar-refractivity contribution in [1.82, 2.24) is 20.3 Å². The molecular weight excluding hydrogens is 334 g/mol. The maximum Gasteiger partial charge on any atom is 0.325 e. The van der Waals surface area contributed by atoms with E-state index >= 15 is 0 Å².